The summed E-state index contributed by atoms with van der Waals surface area (Å²) in [4.78, 5) is 29.0. The number of hydrogen-bond acceptors (Lipinski definition) is 5. The van der Waals surface area contributed by atoms with Gasteiger partial charge in [-0.1, -0.05) is 58.4 Å². The van der Waals surface area contributed by atoms with Crippen molar-refractivity contribution in [2.45, 2.75) is 45.3 Å². The van der Waals surface area contributed by atoms with Crippen molar-refractivity contribution in [2.24, 2.45) is 0 Å². The zero-order valence-electron chi connectivity index (χ0n) is 22.5. The number of rotatable bonds is 11. The molecule has 0 bridgehead atoms. The quantitative estimate of drug-likeness (QED) is 0.327. The lowest BCUT2D eigenvalue weighted by Gasteiger charge is -2.33. The fourth-order valence-electron chi connectivity index (χ4n) is 3.93. The molecular formula is C30H35BrN2O5. The Labute approximate surface area is 233 Å². The van der Waals surface area contributed by atoms with E-state index in [2.05, 4.69) is 21.2 Å². The van der Waals surface area contributed by atoms with Crippen LogP contribution in [0.25, 0.3) is 0 Å². The predicted octanol–water partition coefficient (Wildman–Crippen LogP) is 5.40. The zero-order chi connectivity index (χ0) is 27.7. The van der Waals surface area contributed by atoms with Gasteiger partial charge in [0.15, 0.2) is 6.61 Å². The third-order valence-electron chi connectivity index (χ3n) is 5.70. The molecule has 3 rings (SSSR count). The first-order chi connectivity index (χ1) is 18.1. The van der Waals surface area contributed by atoms with Crippen LogP contribution in [0.3, 0.4) is 0 Å². The van der Waals surface area contributed by atoms with Gasteiger partial charge >= 0.3 is 0 Å². The van der Waals surface area contributed by atoms with Crippen molar-refractivity contribution in [3.63, 3.8) is 0 Å². The third-order valence-corrected chi connectivity index (χ3v) is 6.19. The molecule has 1 unspecified atom stereocenters. The lowest BCUT2D eigenvalue weighted by molar-refractivity contribution is -0.143. The van der Waals surface area contributed by atoms with Crippen LogP contribution < -0.4 is 19.5 Å². The molecule has 2 amide bonds. The molecule has 38 heavy (non-hydrogen) atoms. The van der Waals surface area contributed by atoms with Crippen molar-refractivity contribution < 1.29 is 23.8 Å². The highest BCUT2D eigenvalue weighted by Crippen LogP contribution is 2.27. The van der Waals surface area contributed by atoms with Crippen LogP contribution in [0.15, 0.2) is 77.3 Å². The molecule has 0 aliphatic heterocycles. The lowest BCUT2D eigenvalue weighted by atomic mass is 10.0. The number of hydrogen-bond donors (Lipinski definition) is 1. The van der Waals surface area contributed by atoms with Crippen LogP contribution in [-0.4, -0.2) is 49.1 Å². The monoisotopic (exact) mass is 582 g/mol. The third kappa shape index (κ3) is 8.80. The van der Waals surface area contributed by atoms with Crippen LogP contribution >= 0.6 is 15.9 Å². The molecule has 0 saturated heterocycles. The summed E-state index contributed by atoms with van der Waals surface area (Å²) in [5.41, 5.74) is 1.37. The smallest absolute Gasteiger partial charge is 0.261 e. The van der Waals surface area contributed by atoms with E-state index in [0.29, 0.717) is 23.7 Å². The molecule has 3 aromatic rings. The van der Waals surface area contributed by atoms with Crippen molar-refractivity contribution >= 4 is 27.7 Å². The standard InChI is InChI=1S/C30H35BrN2O5/c1-30(2,3)32-29(35)27(15-21-10-7-6-8-11-21)33(19-22-12-9-13-23(31)14-22)28(34)20-38-26-17-24(36-4)16-25(18-26)37-5/h6-14,16-18,27H,15,19-20H2,1-5H3,(H,32,35). The van der Waals surface area contributed by atoms with E-state index in [0.717, 1.165) is 15.6 Å². The van der Waals surface area contributed by atoms with Crippen LogP contribution in [0.1, 0.15) is 31.9 Å². The summed E-state index contributed by atoms with van der Waals surface area (Å²) in [6.45, 7) is 5.73. The number of methoxy groups -OCH3 is 2. The van der Waals surface area contributed by atoms with Gasteiger partial charge in [0.2, 0.25) is 5.91 Å². The molecule has 0 aliphatic carbocycles. The maximum absolute atomic E-state index is 13.8. The summed E-state index contributed by atoms with van der Waals surface area (Å²) < 4.78 is 17.4. The van der Waals surface area contributed by atoms with Crippen LogP contribution in [0, 0.1) is 0 Å². The molecule has 8 heteroatoms. The number of ether oxygens (including phenoxy) is 3. The Hall–Kier alpha value is -3.52. The molecule has 1 atom stereocenters. The van der Waals surface area contributed by atoms with Crippen LogP contribution in [0.5, 0.6) is 17.2 Å². The second kappa shape index (κ2) is 13.3. The second-order valence-corrected chi connectivity index (χ2v) is 10.8. The van der Waals surface area contributed by atoms with Crippen LogP contribution in [0.2, 0.25) is 0 Å². The lowest BCUT2D eigenvalue weighted by Crippen LogP contribution is -2.55. The molecule has 0 aromatic heterocycles. The van der Waals surface area contributed by atoms with Gasteiger partial charge in [-0.3, -0.25) is 9.59 Å². The minimum absolute atomic E-state index is 0.229. The summed E-state index contributed by atoms with van der Waals surface area (Å²) in [6, 6.07) is 21.7. The normalized spacial score (nSPS) is 11.8. The molecule has 0 spiro atoms. The van der Waals surface area contributed by atoms with E-state index in [1.807, 2.05) is 75.4 Å². The zero-order valence-corrected chi connectivity index (χ0v) is 24.1. The average molecular weight is 584 g/mol. The van der Waals surface area contributed by atoms with E-state index in [1.54, 1.807) is 37.3 Å². The maximum atomic E-state index is 13.8. The van der Waals surface area contributed by atoms with E-state index in [1.165, 1.54) is 0 Å². The Morgan fingerprint density at radius 2 is 1.47 bits per heavy atom. The topological polar surface area (TPSA) is 77.1 Å². The van der Waals surface area contributed by atoms with Gasteiger partial charge < -0.3 is 24.4 Å². The summed E-state index contributed by atoms with van der Waals surface area (Å²) >= 11 is 3.51. The summed E-state index contributed by atoms with van der Waals surface area (Å²) in [7, 11) is 3.09. The molecule has 0 saturated carbocycles. The van der Waals surface area contributed by atoms with Crippen molar-refractivity contribution in [3.8, 4) is 17.2 Å². The number of nitrogens with one attached hydrogen (secondary N) is 1. The van der Waals surface area contributed by atoms with E-state index < -0.39 is 11.6 Å². The molecule has 3 aromatic carbocycles. The van der Waals surface area contributed by atoms with Gasteiger partial charge in [0.25, 0.3) is 5.91 Å². The summed E-state index contributed by atoms with van der Waals surface area (Å²) in [5.74, 6) is 0.966. The first kappa shape index (κ1) is 29.0. The van der Waals surface area contributed by atoms with E-state index in [-0.39, 0.29) is 25.0 Å². The number of carbonyl (C=O) groups is 2. The minimum atomic E-state index is -0.758. The molecule has 7 nitrogen and oxygen atoms in total. The van der Waals surface area contributed by atoms with E-state index in [4.69, 9.17) is 14.2 Å². The fourth-order valence-corrected chi connectivity index (χ4v) is 4.38. The largest absolute Gasteiger partial charge is 0.496 e. The molecule has 0 aliphatic rings. The summed E-state index contributed by atoms with van der Waals surface area (Å²) in [6.07, 6.45) is 0.357. The maximum Gasteiger partial charge on any atom is 0.261 e. The molecule has 0 fully saturated rings. The fraction of sp³-hybridized carbons (Fsp3) is 0.333. The highest BCUT2D eigenvalue weighted by Gasteiger charge is 2.32. The Morgan fingerprint density at radius 3 is 2.05 bits per heavy atom. The van der Waals surface area contributed by atoms with Gasteiger partial charge in [-0.25, -0.2) is 0 Å². The highest BCUT2D eigenvalue weighted by atomic mass is 79.9. The number of amides is 2. The van der Waals surface area contributed by atoms with Gasteiger partial charge in [-0.15, -0.1) is 0 Å². The van der Waals surface area contributed by atoms with Gasteiger partial charge in [0.1, 0.15) is 23.3 Å². The van der Waals surface area contributed by atoms with Gasteiger partial charge in [0, 0.05) is 41.2 Å². The first-order valence-corrected chi connectivity index (χ1v) is 13.1. The SMILES string of the molecule is COc1cc(OC)cc(OCC(=O)N(Cc2cccc(Br)c2)C(Cc2ccccc2)C(=O)NC(C)(C)C)c1. The highest BCUT2D eigenvalue weighted by molar-refractivity contribution is 9.10. The van der Waals surface area contributed by atoms with Gasteiger partial charge in [-0.2, -0.15) is 0 Å². The molecule has 1 N–H and O–H groups in total. The predicted molar refractivity (Wildman–Crippen MR) is 152 cm³/mol. The van der Waals surface area contributed by atoms with Crippen molar-refractivity contribution in [3.05, 3.63) is 88.4 Å². The van der Waals surface area contributed by atoms with Gasteiger partial charge in [0.05, 0.1) is 14.2 Å². The molecule has 0 heterocycles. The molecular weight excluding hydrogens is 548 g/mol. The average Bonchev–Trinajstić information content (AvgIpc) is 2.88. The number of benzene rings is 3. The van der Waals surface area contributed by atoms with Gasteiger partial charge in [-0.05, 0) is 44.0 Å². The Balaban J connectivity index is 1.94. The minimum Gasteiger partial charge on any atom is -0.496 e. The number of halogens is 1. The van der Waals surface area contributed by atoms with Crippen LogP contribution in [-0.2, 0) is 22.6 Å². The van der Waals surface area contributed by atoms with Crippen LogP contribution in [0.4, 0.5) is 0 Å². The summed E-state index contributed by atoms with van der Waals surface area (Å²) in [5, 5.41) is 3.06. The Morgan fingerprint density at radius 1 is 0.868 bits per heavy atom. The number of nitrogens with zero attached hydrogens (tertiary/aromatic N) is 1. The van der Waals surface area contributed by atoms with E-state index in [9.17, 15) is 9.59 Å². The van der Waals surface area contributed by atoms with Crippen molar-refractivity contribution in [1.82, 2.24) is 10.2 Å². The molecule has 202 valence electrons. The first-order valence-electron chi connectivity index (χ1n) is 12.3. The Bertz CT molecular complexity index is 1200. The Kier molecular flexibility index (Phi) is 10.2. The van der Waals surface area contributed by atoms with Crippen molar-refractivity contribution in [1.29, 1.82) is 0 Å². The van der Waals surface area contributed by atoms with E-state index >= 15 is 0 Å². The van der Waals surface area contributed by atoms with Crippen molar-refractivity contribution in [2.75, 3.05) is 20.8 Å². The second-order valence-electron chi connectivity index (χ2n) is 9.93. The number of carbonyl (C=O) groups excluding carboxylic acids is 2. The molecule has 0 radical (unpaired) electrons.